The van der Waals surface area contributed by atoms with Crippen LogP contribution in [0.2, 0.25) is 0 Å². The van der Waals surface area contributed by atoms with Crippen LogP contribution in [0, 0.1) is 11.7 Å². The van der Waals surface area contributed by atoms with Gasteiger partial charge in [0.25, 0.3) is 0 Å². The molecule has 3 nitrogen and oxygen atoms in total. The molecule has 0 bridgehead atoms. The van der Waals surface area contributed by atoms with E-state index >= 15 is 0 Å². The lowest BCUT2D eigenvalue weighted by molar-refractivity contribution is 0.444. The van der Waals surface area contributed by atoms with Crippen molar-refractivity contribution in [2.75, 3.05) is 18.0 Å². The molecule has 2 rings (SSSR count). The van der Waals surface area contributed by atoms with Crippen molar-refractivity contribution in [3.8, 4) is 0 Å². The Morgan fingerprint density at radius 2 is 2.24 bits per heavy atom. The Labute approximate surface area is 127 Å². The van der Waals surface area contributed by atoms with Crippen LogP contribution in [-0.2, 0) is 6.54 Å². The van der Waals surface area contributed by atoms with Gasteiger partial charge in [-0.2, -0.15) is 0 Å². The Kier molecular flexibility index (Phi) is 5.97. The van der Waals surface area contributed by atoms with Crippen molar-refractivity contribution in [3.63, 3.8) is 0 Å². The van der Waals surface area contributed by atoms with Gasteiger partial charge in [-0.15, -0.1) is 0 Å². The molecule has 0 saturated carbocycles. The minimum absolute atomic E-state index is 0.245. The number of anilines is 1. The maximum absolute atomic E-state index is 13.6. The molecule has 21 heavy (non-hydrogen) atoms. The second-order valence-corrected chi connectivity index (χ2v) is 6.41. The van der Waals surface area contributed by atoms with Crippen molar-refractivity contribution in [1.29, 1.82) is 0 Å². The second kappa shape index (κ2) is 7.74. The van der Waals surface area contributed by atoms with Gasteiger partial charge in [0, 0.05) is 24.7 Å². The van der Waals surface area contributed by atoms with E-state index in [4.69, 9.17) is 0 Å². The van der Waals surface area contributed by atoms with Crippen molar-refractivity contribution in [2.45, 2.75) is 59.0 Å². The van der Waals surface area contributed by atoms with Gasteiger partial charge in [-0.1, -0.05) is 20.8 Å². The fourth-order valence-electron chi connectivity index (χ4n) is 3.06. The molecule has 0 aromatic carbocycles. The summed E-state index contributed by atoms with van der Waals surface area (Å²) in [5, 5.41) is 3.41. The Morgan fingerprint density at radius 1 is 1.43 bits per heavy atom. The molecule has 2 heterocycles. The topological polar surface area (TPSA) is 28.2 Å². The fraction of sp³-hybridized carbons (Fsp3) is 0.706. The average Bonchev–Trinajstić information content (AvgIpc) is 2.47. The Balaban J connectivity index is 2.16. The number of piperidine rings is 1. The number of rotatable bonds is 6. The second-order valence-electron chi connectivity index (χ2n) is 6.41. The highest BCUT2D eigenvalue weighted by atomic mass is 19.1. The quantitative estimate of drug-likeness (QED) is 0.866. The van der Waals surface area contributed by atoms with E-state index in [1.165, 1.54) is 25.5 Å². The minimum Gasteiger partial charge on any atom is -0.353 e. The molecule has 1 aliphatic rings. The summed E-state index contributed by atoms with van der Waals surface area (Å²) in [6.45, 7) is 9.24. The first kappa shape index (κ1) is 16.2. The van der Waals surface area contributed by atoms with Crippen LogP contribution in [0.15, 0.2) is 12.3 Å². The van der Waals surface area contributed by atoms with Crippen LogP contribution >= 0.6 is 0 Å². The third kappa shape index (κ3) is 4.40. The van der Waals surface area contributed by atoms with Gasteiger partial charge < -0.3 is 10.2 Å². The van der Waals surface area contributed by atoms with E-state index in [0.29, 0.717) is 18.5 Å². The van der Waals surface area contributed by atoms with E-state index < -0.39 is 0 Å². The number of aromatic nitrogens is 1. The van der Waals surface area contributed by atoms with E-state index in [0.717, 1.165) is 30.9 Å². The Bertz CT molecular complexity index is 448. The van der Waals surface area contributed by atoms with Gasteiger partial charge in [-0.05, 0) is 44.2 Å². The predicted molar refractivity (Wildman–Crippen MR) is 86.0 cm³/mol. The van der Waals surface area contributed by atoms with E-state index in [-0.39, 0.29) is 5.82 Å². The summed E-state index contributed by atoms with van der Waals surface area (Å²) in [7, 11) is 0. The number of halogens is 1. The van der Waals surface area contributed by atoms with E-state index in [9.17, 15) is 4.39 Å². The molecule has 1 aromatic heterocycles. The standard InChI is InChI=1S/C17H28FN3/c1-4-16-7-5-6-8-21(16)17-14(9-15(18)12-20-17)11-19-10-13(2)3/h9,12-13,16,19H,4-8,10-11H2,1-3H3. The van der Waals surface area contributed by atoms with Crippen LogP contribution in [-0.4, -0.2) is 24.1 Å². The summed E-state index contributed by atoms with van der Waals surface area (Å²) in [5.41, 5.74) is 0.982. The molecular weight excluding hydrogens is 265 g/mol. The highest BCUT2D eigenvalue weighted by molar-refractivity contribution is 5.48. The molecule has 1 aliphatic heterocycles. The molecule has 1 unspecified atom stereocenters. The first-order chi connectivity index (χ1) is 10.1. The van der Waals surface area contributed by atoms with Gasteiger partial charge in [0.1, 0.15) is 11.6 Å². The number of hydrogen-bond acceptors (Lipinski definition) is 3. The summed E-state index contributed by atoms with van der Waals surface area (Å²) in [6.07, 6.45) is 6.18. The number of nitrogens with one attached hydrogen (secondary N) is 1. The zero-order valence-electron chi connectivity index (χ0n) is 13.5. The van der Waals surface area contributed by atoms with E-state index in [1.54, 1.807) is 6.07 Å². The maximum Gasteiger partial charge on any atom is 0.141 e. The smallest absolute Gasteiger partial charge is 0.141 e. The van der Waals surface area contributed by atoms with Gasteiger partial charge in [0.15, 0.2) is 0 Å². The summed E-state index contributed by atoms with van der Waals surface area (Å²) in [4.78, 5) is 6.79. The first-order valence-electron chi connectivity index (χ1n) is 8.23. The minimum atomic E-state index is -0.245. The molecule has 1 N–H and O–H groups in total. The molecule has 118 valence electrons. The highest BCUT2D eigenvalue weighted by Gasteiger charge is 2.24. The zero-order chi connectivity index (χ0) is 15.2. The van der Waals surface area contributed by atoms with Crippen LogP contribution in [0.4, 0.5) is 10.2 Å². The Hall–Kier alpha value is -1.16. The summed E-state index contributed by atoms with van der Waals surface area (Å²) < 4.78 is 13.6. The van der Waals surface area contributed by atoms with Crippen molar-refractivity contribution >= 4 is 5.82 Å². The van der Waals surface area contributed by atoms with Crippen LogP contribution in [0.3, 0.4) is 0 Å². The molecule has 0 radical (unpaired) electrons. The Morgan fingerprint density at radius 3 is 2.95 bits per heavy atom. The predicted octanol–water partition coefficient (Wildman–Crippen LogP) is 3.74. The van der Waals surface area contributed by atoms with E-state index in [2.05, 4.69) is 36.0 Å². The molecule has 0 spiro atoms. The van der Waals surface area contributed by atoms with Crippen molar-refractivity contribution in [1.82, 2.24) is 10.3 Å². The first-order valence-corrected chi connectivity index (χ1v) is 8.23. The lowest BCUT2D eigenvalue weighted by atomic mass is 9.99. The summed E-state index contributed by atoms with van der Waals surface area (Å²) in [5.74, 6) is 1.32. The van der Waals surface area contributed by atoms with Crippen molar-refractivity contribution in [2.24, 2.45) is 5.92 Å². The van der Waals surface area contributed by atoms with Gasteiger partial charge in [-0.25, -0.2) is 9.37 Å². The van der Waals surface area contributed by atoms with Crippen molar-refractivity contribution in [3.05, 3.63) is 23.6 Å². The molecular formula is C17H28FN3. The summed E-state index contributed by atoms with van der Waals surface area (Å²) >= 11 is 0. The average molecular weight is 293 g/mol. The van der Waals surface area contributed by atoms with Gasteiger partial charge in [0.2, 0.25) is 0 Å². The zero-order valence-corrected chi connectivity index (χ0v) is 13.5. The number of nitrogens with zero attached hydrogens (tertiary/aromatic N) is 2. The van der Waals surface area contributed by atoms with Gasteiger partial charge in [-0.3, -0.25) is 0 Å². The molecule has 1 atom stereocenters. The van der Waals surface area contributed by atoms with Crippen LogP contribution in [0.5, 0.6) is 0 Å². The van der Waals surface area contributed by atoms with Gasteiger partial charge in [0.05, 0.1) is 6.20 Å². The molecule has 0 amide bonds. The highest BCUT2D eigenvalue weighted by Crippen LogP contribution is 2.28. The summed E-state index contributed by atoms with van der Waals surface area (Å²) in [6, 6.07) is 2.18. The number of pyridine rings is 1. The molecule has 0 aliphatic carbocycles. The lowest BCUT2D eigenvalue weighted by Gasteiger charge is -2.37. The third-order valence-corrected chi connectivity index (χ3v) is 4.15. The number of hydrogen-bond donors (Lipinski definition) is 1. The molecule has 1 saturated heterocycles. The van der Waals surface area contributed by atoms with Gasteiger partial charge >= 0.3 is 0 Å². The van der Waals surface area contributed by atoms with Crippen LogP contribution in [0.25, 0.3) is 0 Å². The SMILES string of the molecule is CCC1CCCCN1c1ncc(F)cc1CNCC(C)C. The molecule has 1 aromatic rings. The lowest BCUT2D eigenvalue weighted by Crippen LogP contribution is -2.40. The maximum atomic E-state index is 13.6. The van der Waals surface area contributed by atoms with E-state index in [1.807, 2.05) is 0 Å². The fourth-order valence-corrected chi connectivity index (χ4v) is 3.06. The monoisotopic (exact) mass is 293 g/mol. The largest absolute Gasteiger partial charge is 0.353 e. The van der Waals surface area contributed by atoms with Crippen molar-refractivity contribution < 1.29 is 4.39 Å². The normalized spacial score (nSPS) is 19.3. The van der Waals surface area contributed by atoms with Crippen LogP contribution in [0.1, 0.15) is 52.0 Å². The molecule has 4 heteroatoms. The third-order valence-electron chi connectivity index (χ3n) is 4.15. The molecule has 1 fully saturated rings. The van der Waals surface area contributed by atoms with Crippen LogP contribution < -0.4 is 10.2 Å².